The van der Waals surface area contributed by atoms with Gasteiger partial charge in [0.1, 0.15) is 6.04 Å². The summed E-state index contributed by atoms with van der Waals surface area (Å²) >= 11 is 0. The largest absolute Gasteiger partial charge is 0.480 e. The van der Waals surface area contributed by atoms with Crippen LogP contribution in [0, 0.1) is 0 Å². The zero-order valence-electron chi connectivity index (χ0n) is 9.77. The van der Waals surface area contributed by atoms with Gasteiger partial charge in [0, 0.05) is 13.0 Å². The number of ether oxygens (including phenoxy) is 1. The first-order valence-electron chi connectivity index (χ1n) is 5.25. The number of nitrogens with zero attached hydrogens (tertiary/aromatic N) is 1. The van der Waals surface area contributed by atoms with Crippen LogP contribution in [0.2, 0.25) is 0 Å². The van der Waals surface area contributed by atoms with E-state index < -0.39 is 39.9 Å². The zero-order valence-corrected chi connectivity index (χ0v) is 10.6. The summed E-state index contributed by atoms with van der Waals surface area (Å²) in [5, 5.41) is 18.2. The number of esters is 1. The van der Waals surface area contributed by atoms with Crippen LogP contribution >= 0.6 is 0 Å². The fraction of sp³-hybridized carbons (Fsp3) is 0.778. The summed E-state index contributed by atoms with van der Waals surface area (Å²) in [4.78, 5) is 21.8. The minimum atomic E-state index is -3.90. The summed E-state index contributed by atoms with van der Waals surface area (Å²) in [6.45, 7) is -0.263. The molecule has 1 heterocycles. The van der Waals surface area contributed by atoms with Gasteiger partial charge in [0.15, 0.2) is 0 Å². The number of carboxylic acid groups (broad SMARTS) is 1. The second kappa shape index (κ2) is 5.63. The van der Waals surface area contributed by atoms with Crippen LogP contribution in [-0.2, 0) is 24.3 Å². The van der Waals surface area contributed by atoms with Gasteiger partial charge in [0.05, 0.1) is 25.4 Å². The summed E-state index contributed by atoms with van der Waals surface area (Å²) < 4.78 is 28.8. The predicted molar refractivity (Wildman–Crippen MR) is 59.2 cm³/mol. The number of carbonyl (C=O) groups excluding carboxylic acids is 1. The summed E-state index contributed by atoms with van der Waals surface area (Å²) in [5.41, 5.74) is 0. The number of rotatable bonds is 5. The lowest BCUT2D eigenvalue weighted by atomic mass is 10.2. The Bertz CT molecular complexity index is 432. The van der Waals surface area contributed by atoms with Crippen LogP contribution in [0.15, 0.2) is 0 Å². The normalized spacial score (nSPS) is 25.0. The molecular weight excluding hydrogens is 266 g/mol. The van der Waals surface area contributed by atoms with E-state index in [2.05, 4.69) is 4.74 Å². The minimum absolute atomic E-state index is 0.146. The summed E-state index contributed by atoms with van der Waals surface area (Å²) in [5.74, 6) is -2.53. The van der Waals surface area contributed by atoms with Crippen LogP contribution in [0.5, 0.6) is 0 Å². The van der Waals surface area contributed by atoms with Crippen molar-refractivity contribution in [1.82, 2.24) is 4.31 Å². The Morgan fingerprint density at radius 3 is 2.56 bits per heavy atom. The van der Waals surface area contributed by atoms with Crippen LogP contribution in [0.4, 0.5) is 0 Å². The number of methoxy groups -OCH3 is 1. The van der Waals surface area contributed by atoms with Gasteiger partial charge in [-0.15, -0.1) is 0 Å². The zero-order chi connectivity index (χ0) is 13.9. The topological polar surface area (TPSA) is 121 Å². The molecule has 1 rings (SSSR count). The van der Waals surface area contributed by atoms with Crippen molar-refractivity contribution in [3.8, 4) is 0 Å². The number of hydrogen-bond acceptors (Lipinski definition) is 6. The average Bonchev–Trinajstić information content (AvgIpc) is 2.69. The molecule has 1 aliphatic heterocycles. The van der Waals surface area contributed by atoms with Gasteiger partial charge in [-0.05, 0) is 0 Å². The predicted octanol–water partition coefficient (Wildman–Crippen LogP) is -1.60. The van der Waals surface area contributed by atoms with Crippen molar-refractivity contribution in [3.05, 3.63) is 0 Å². The van der Waals surface area contributed by atoms with Crippen molar-refractivity contribution < 1.29 is 33.0 Å². The standard InChI is InChI=1S/C9H15NO7S/c1-17-8(12)2-3-18(15,16)10-5-6(11)4-7(10)9(13)14/h6-7,11H,2-5H2,1H3,(H,13,14)/t6-,7-/m0/s1. The fourth-order valence-corrected chi connectivity index (χ4v) is 3.37. The third-order valence-electron chi connectivity index (χ3n) is 2.67. The highest BCUT2D eigenvalue weighted by Gasteiger charge is 2.42. The van der Waals surface area contributed by atoms with Gasteiger partial charge in [-0.1, -0.05) is 0 Å². The monoisotopic (exact) mass is 281 g/mol. The first-order chi connectivity index (χ1) is 8.27. The average molecular weight is 281 g/mol. The molecule has 1 saturated heterocycles. The van der Waals surface area contributed by atoms with Crippen LogP contribution < -0.4 is 0 Å². The van der Waals surface area contributed by atoms with Crippen molar-refractivity contribution in [3.63, 3.8) is 0 Å². The number of aliphatic hydroxyl groups is 1. The Labute approximate surface area is 104 Å². The molecule has 0 radical (unpaired) electrons. The smallest absolute Gasteiger partial charge is 0.322 e. The van der Waals surface area contributed by atoms with E-state index in [1.54, 1.807) is 0 Å². The molecule has 0 aromatic rings. The van der Waals surface area contributed by atoms with Gasteiger partial charge in [-0.2, -0.15) is 4.31 Å². The number of sulfonamides is 1. The fourth-order valence-electron chi connectivity index (χ4n) is 1.75. The Hall–Kier alpha value is -1.19. The van der Waals surface area contributed by atoms with Gasteiger partial charge in [0.2, 0.25) is 10.0 Å². The van der Waals surface area contributed by atoms with E-state index in [1.807, 2.05) is 0 Å². The van der Waals surface area contributed by atoms with E-state index in [0.29, 0.717) is 0 Å². The molecule has 18 heavy (non-hydrogen) atoms. The van der Waals surface area contributed by atoms with Gasteiger partial charge in [-0.3, -0.25) is 9.59 Å². The van der Waals surface area contributed by atoms with Crippen LogP contribution in [0.3, 0.4) is 0 Å². The minimum Gasteiger partial charge on any atom is -0.480 e. The Morgan fingerprint density at radius 1 is 1.44 bits per heavy atom. The molecule has 2 N–H and O–H groups in total. The SMILES string of the molecule is COC(=O)CCS(=O)(=O)N1C[C@@H](O)C[C@H]1C(=O)O. The number of carboxylic acids is 1. The second-order valence-electron chi connectivity index (χ2n) is 3.96. The molecule has 8 nitrogen and oxygen atoms in total. The first-order valence-corrected chi connectivity index (χ1v) is 6.86. The van der Waals surface area contributed by atoms with E-state index in [1.165, 1.54) is 0 Å². The van der Waals surface area contributed by atoms with Crippen molar-refractivity contribution in [2.75, 3.05) is 19.4 Å². The molecule has 0 aromatic heterocycles. The molecule has 0 spiro atoms. The lowest BCUT2D eigenvalue weighted by molar-refractivity contribution is -0.141. The van der Waals surface area contributed by atoms with Crippen LogP contribution in [0.1, 0.15) is 12.8 Å². The molecule has 9 heteroatoms. The van der Waals surface area contributed by atoms with E-state index >= 15 is 0 Å². The van der Waals surface area contributed by atoms with Crippen LogP contribution in [0.25, 0.3) is 0 Å². The molecule has 1 fully saturated rings. The van der Waals surface area contributed by atoms with Gasteiger partial charge >= 0.3 is 11.9 Å². The Kier molecular flexibility index (Phi) is 4.65. The molecule has 2 atom stereocenters. The van der Waals surface area contributed by atoms with Crippen LogP contribution in [-0.4, -0.2) is 66.4 Å². The highest BCUT2D eigenvalue weighted by atomic mass is 32.2. The molecule has 0 aromatic carbocycles. The summed E-state index contributed by atoms with van der Waals surface area (Å²) in [6, 6.07) is -1.28. The van der Waals surface area contributed by atoms with E-state index in [-0.39, 0.29) is 19.4 Å². The van der Waals surface area contributed by atoms with Gasteiger partial charge in [-0.25, -0.2) is 8.42 Å². The van der Waals surface area contributed by atoms with Crippen molar-refractivity contribution in [1.29, 1.82) is 0 Å². The number of carbonyl (C=O) groups is 2. The van der Waals surface area contributed by atoms with Crippen molar-refractivity contribution >= 4 is 22.0 Å². The lowest BCUT2D eigenvalue weighted by Crippen LogP contribution is -2.42. The molecular formula is C9H15NO7S. The molecule has 0 saturated carbocycles. The van der Waals surface area contributed by atoms with Gasteiger partial charge in [0.25, 0.3) is 0 Å². The molecule has 0 amide bonds. The highest BCUT2D eigenvalue weighted by Crippen LogP contribution is 2.22. The molecule has 0 unspecified atom stereocenters. The maximum atomic E-state index is 11.9. The van der Waals surface area contributed by atoms with Crippen molar-refractivity contribution in [2.45, 2.75) is 25.0 Å². The van der Waals surface area contributed by atoms with Crippen molar-refractivity contribution in [2.24, 2.45) is 0 Å². The van der Waals surface area contributed by atoms with E-state index in [0.717, 1.165) is 11.4 Å². The first kappa shape index (κ1) is 14.9. The molecule has 0 aliphatic carbocycles. The number of β-amino-alcohol motifs (C(OH)–C–C–N with tert-alkyl or cyclic N) is 1. The third kappa shape index (κ3) is 3.40. The maximum Gasteiger partial charge on any atom is 0.322 e. The number of aliphatic carboxylic acids is 1. The van der Waals surface area contributed by atoms with Gasteiger partial charge < -0.3 is 14.9 Å². The second-order valence-corrected chi connectivity index (χ2v) is 6.00. The lowest BCUT2D eigenvalue weighted by Gasteiger charge is -2.20. The van der Waals surface area contributed by atoms with E-state index in [4.69, 9.17) is 5.11 Å². The highest BCUT2D eigenvalue weighted by molar-refractivity contribution is 7.89. The van der Waals surface area contributed by atoms with E-state index in [9.17, 15) is 23.1 Å². The third-order valence-corrected chi connectivity index (χ3v) is 4.51. The summed E-state index contributed by atoms with van der Waals surface area (Å²) in [7, 11) is -2.77. The molecule has 1 aliphatic rings. The molecule has 104 valence electrons. The number of aliphatic hydroxyl groups excluding tert-OH is 1. The quantitative estimate of drug-likeness (QED) is 0.582. The summed E-state index contributed by atoms with van der Waals surface area (Å²) in [6.07, 6.45) is -1.50. The Balaban J connectivity index is 2.77. The molecule has 0 bridgehead atoms. The Morgan fingerprint density at radius 2 is 2.06 bits per heavy atom. The number of hydrogen-bond donors (Lipinski definition) is 2. The maximum absolute atomic E-state index is 11.9.